The third-order valence-electron chi connectivity index (χ3n) is 4.66. The number of nitrogens with zero attached hydrogens (tertiary/aromatic N) is 3. The van der Waals surface area contributed by atoms with Crippen LogP contribution in [0.15, 0.2) is 17.8 Å². The molecule has 0 spiro atoms. The molecule has 1 unspecified atom stereocenters. The lowest BCUT2D eigenvalue weighted by Crippen LogP contribution is -2.37. The number of aryl methyl sites for hydroxylation is 1. The first-order valence-corrected chi connectivity index (χ1v) is 9.95. The van der Waals surface area contributed by atoms with Crippen molar-refractivity contribution in [2.45, 2.75) is 51.6 Å². The van der Waals surface area contributed by atoms with Gasteiger partial charge in [-0.15, -0.1) is 11.3 Å². The number of nitrogen functional groups attached to an aromatic ring is 1. The van der Waals surface area contributed by atoms with Crippen LogP contribution in [0, 0.1) is 12.8 Å². The summed E-state index contributed by atoms with van der Waals surface area (Å²) in [6.45, 7) is 3.77. The molecule has 0 aromatic carbocycles. The van der Waals surface area contributed by atoms with Gasteiger partial charge >= 0.3 is 0 Å². The minimum absolute atomic E-state index is 0.0460. The zero-order valence-electron chi connectivity index (χ0n) is 16.0. The van der Waals surface area contributed by atoms with Crippen molar-refractivity contribution in [1.29, 1.82) is 0 Å². The minimum Gasteiger partial charge on any atom is -0.483 e. The number of anilines is 2. The highest BCUT2D eigenvalue weighted by atomic mass is 32.1. The minimum atomic E-state index is -0.250. The molecule has 3 rings (SSSR count). The average molecular weight is 407 g/mol. The molecule has 5 N–H and O–H groups in total. The Morgan fingerprint density at radius 1 is 1.36 bits per heavy atom. The molecular formula is C18H26N6O3S. The normalized spacial score (nSPS) is 19.6. The number of carboxylic acid groups (broad SMARTS) is 1. The Morgan fingerprint density at radius 2 is 2.04 bits per heavy atom. The molecule has 0 aliphatic heterocycles. The summed E-state index contributed by atoms with van der Waals surface area (Å²) >= 11 is 1.61. The fourth-order valence-corrected chi connectivity index (χ4v) is 3.93. The largest absolute Gasteiger partial charge is 0.483 e. The number of nitrogens with one attached hydrogen (secondary N) is 2. The van der Waals surface area contributed by atoms with Crippen molar-refractivity contribution in [3.05, 3.63) is 28.3 Å². The summed E-state index contributed by atoms with van der Waals surface area (Å²) in [5.74, 6) is 1.19. The quantitative estimate of drug-likeness (QED) is 0.554. The van der Waals surface area contributed by atoms with Crippen molar-refractivity contribution in [2.75, 3.05) is 11.1 Å². The number of amides is 1. The van der Waals surface area contributed by atoms with E-state index in [2.05, 4.69) is 25.6 Å². The molecule has 2 aromatic rings. The lowest BCUT2D eigenvalue weighted by atomic mass is 9.85. The second-order valence-corrected chi connectivity index (χ2v) is 7.69. The molecule has 0 bridgehead atoms. The molecule has 1 aliphatic rings. The highest BCUT2D eigenvalue weighted by Crippen LogP contribution is 2.27. The van der Waals surface area contributed by atoms with E-state index in [9.17, 15) is 4.79 Å². The molecule has 1 saturated carbocycles. The molecule has 28 heavy (non-hydrogen) atoms. The van der Waals surface area contributed by atoms with Crippen LogP contribution in [0.1, 0.15) is 49.2 Å². The van der Waals surface area contributed by atoms with E-state index in [1.807, 2.05) is 19.4 Å². The van der Waals surface area contributed by atoms with Gasteiger partial charge < -0.3 is 21.5 Å². The molecule has 1 atom stereocenters. The fraction of sp³-hybridized carbons (Fsp3) is 0.500. The van der Waals surface area contributed by atoms with E-state index in [1.165, 1.54) is 0 Å². The highest BCUT2D eigenvalue weighted by molar-refractivity contribution is 7.09. The molecular weight excluding hydrogens is 380 g/mol. The van der Waals surface area contributed by atoms with Gasteiger partial charge in [0.05, 0.1) is 17.2 Å². The predicted octanol–water partition coefficient (Wildman–Crippen LogP) is 2.37. The molecule has 152 valence electrons. The van der Waals surface area contributed by atoms with Crippen molar-refractivity contribution in [2.24, 2.45) is 5.92 Å². The molecule has 10 heteroatoms. The topological polar surface area (TPSA) is 143 Å². The van der Waals surface area contributed by atoms with Crippen molar-refractivity contribution in [3.8, 4) is 0 Å². The second kappa shape index (κ2) is 10.5. The van der Waals surface area contributed by atoms with Crippen LogP contribution in [0.4, 0.5) is 11.8 Å². The maximum absolute atomic E-state index is 12.5. The summed E-state index contributed by atoms with van der Waals surface area (Å²) in [5.41, 5.74) is 8.46. The first kappa shape index (κ1) is 21.5. The monoisotopic (exact) mass is 406 g/mol. The number of carbonyl (C=O) groups excluding carboxylic acids is 1. The lowest BCUT2D eigenvalue weighted by molar-refractivity contribution is -0.126. The second-order valence-electron chi connectivity index (χ2n) is 6.63. The van der Waals surface area contributed by atoms with Gasteiger partial charge in [0, 0.05) is 23.0 Å². The summed E-state index contributed by atoms with van der Waals surface area (Å²) in [4.78, 5) is 34.7. The average Bonchev–Trinajstić information content (AvgIpc) is 3.09. The lowest BCUT2D eigenvalue weighted by Gasteiger charge is -2.29. The summed E-state index contributed by atoms with van der Waals surface area (Å²) < 4.78 is 0. The highest BCUT2D eigenvalue weighted by Gasteiger charge is 2.28. The first-order chi connectivity index (χ1) is 13.4. The smallest absolute Gasteiger partial charge is 0.290 e. The maximum atomic E-state index is 12.5. The Bertz CT molecular complexity index is 776. The van der Waals surface area contributed by atoms with Crippen molar-refractivity contribution < 1.29 is 14.7 Å². The zero-order valence-corrected chi connectivity index (χ0v) is 16.8. The summed E-state index contributed by atoms with van der Waals surface area (Å²) in [7, 11) is 0. The van der Waals surface area contributed by atoms with Crippen molar-refractivity contribution >= 4 is 35.5 Å². The van der Waals surface area contributed by atoms with E-state index in [4.69, 9.17) is 15.6 Å². The standard InChI is InChI=1S/C17H24N6OS.CH2O2/c1-10(15-11(2)25-9-20-15)21-16(24)12-3-5-13(6-4-12)22-17-19-8-7-14(18)23-17;2-1-3/h7-10,12-13H,3-6H2,1-2H3,(H,21,24)(H3,18,19,22,23);1H,(H,2,3). The first-order valence-electron chi connectivity index (χ1n) is 9.07. The van der Waals surface area contributed by atoms with Crippen molar-refractivity contribution in [1.82, 2.24) is 20.3 Å². The Morgan fingerprint density at radius 3 is 2.61 bits per heavy atom. The maximum Gasteiger partial charge on any atom is 0.290 e. The zero-order chi connectivity index (χ0) is 20.5. The van der Waals surface area contributed by atoms with Gasteiger partial charge in [-0.1, -0.05) is 0 Å². The van der Waals surface area contributed by atoms with E-state index < -0.39 is 0 Å². The van der Waals surface area contributed by atoms with Crippen molar-refractivity contribution in [3.63, 3.8) is 0 Å². The van der Waals surface area contributed by atoms with Gasteiger partial charge in [0.25, 0.3) is 6.47 Å². The number of carbonyl (C=O) groups is 2. The van der Waals surface area contributed by atoms with E-state index in [1.54, 1.807) is 23.6 Å². The van der Waals surface area contributed by atoms with Gasteiger partial charge in [0.2, 0.25) is 11.9 Å². The van der Waals surface area contributed by atoms with Crippen LogP contribution in [0.5, 0.6) is 0 Å². The van der Waals surface area contributed by atoms with E-state index >= 15 is 0 Å². The van der Waals surface area contributed by atoms with Crippen LogP contribution in [0.2, 0.25) is 0 Å². The summed E-state index contributed by atoms with van der Waals surface area (Å²) in [6, 6.07) is 1.90. The molecule has 1 aliphatic carbocycles. The van der Waals surface area contributed by atoms with Crippen LogP contribution in [0.25, 0.3) is 0 Å². The van der Waals surface area contributed by atoms with Crippen LogP contribution in [-0.4, -0.2) is 38.5 Å². The molecule has 0 radical (unpaired) electrons. The molecule has 0 saturated heterocycles. The third-order valence-corrected chi connectivity index (χ3v) is 5.43. The SMILES string of the molecule is Cc1scnc1C(C)NC(=O)C1CCC(Nc2nccc(N)n2)CC1.O=CO. The third kappa shape index (κ3) is 6.15. The molecule has 1 fully saturated rings. The van der Waals surface area contributed by atoms with Crippen LogP contribution in [0.3, 0.4) is 0 Å². The summed E-state index contributed by atoms with van der Waals surface area (Å²) in [6.07, 6.45) is 5.19. The van der Waals surface area contributed by atoms with Gasteiger partial charge in [-0.3, -0.25) is 9.59 Å². The van der Waals surface area contributed by atoms with Gasteiger partial charge in [-0.2, -0.15) is 4.98 Å². The van der Waals surface area contributed by atoms with Gasteiger partial charge in [-0.25, -0.2) is 9.97 Å². The molecule has 2 heterocycles. The predicted molar refractivity (Wildman–Crippen MR) is 108 cm³/mol. The molecule has 2 aromatic heterocycles. The van der Waals surface area contributed by atoms with Gasteiger partial charge in [-0.05, 0) is 45.6 Å². The fourth-order valence-electron chi connectivity index (χ4n) is 3.25. The molecule has 9 nitrogen and oxygen atoms in total. The Hall–Kier alpha value is -2.75. The Labute approximate surface area is 167 Å². The van der Waals surface area contributed by atoms with Crippen LogP contribution < -0.4 is 16.4 Å². The number of hydrogen-bond acceptors (Lipinski definition) is 8. The van der Waals surface area contributed by atoms with E-state index in [0.717, 1.165) is 36.3 Å². The van der Waals surface area contributed by atoms with E-state index in [0.29, 0.717) is 11.8 Å². The summed E-state index contributed by atoms with van der Waals surface area (Å²) in [5, 5.41) is 13.3. The van der Waals surface area contributed by atoms with Gasteiger partial charge in [0.15, 0.2) is 0 Å². The number of hydrogen-bond donors (Lipinski definition) is 4. The number of rotatable bonds is 5. The molecule has 1 amide bonds. The Balaban J connectivity index is 0.000000878. The number of aromatic nitrogens is 3. The number of thiazole rings is 1. The van der Waals surface area contributed by atoms with Crippen LogP contribution in [-0.2, 0) is 9.59 Å². The van der Waals surface area contributed by atoms with Gasteiger partial charge in [0.1, 0.15) is 5.82 Å². The number of nitrogens with two attached hydrogens (primary N) is 1. The Kier molecular flexibility index (Phi) is 8.12. The van der Waals surface area contributed by atoms with E-state index in [-0.39, 0.29) is 30.4 Å². The van der Waals surface area contributed by atoms with Crippen LogP contribution >= 0.6 is 11.3 Å².